The average Bonchev–Trinajstić information content (AvgIpc) is 3.23. The van der Waals surface area contributed by atoms with Gasteiger partial charge in [0, 0.05) is 29.3 Å². The number of rotatable bonds is 19. The van der Waals surface area contributed by atoms with Gasteiger partial charge < -0.3 is 50.3 Å². The molecule has 0 aliphatic rings. The molecule has 0 radical (unpaired) electrons. The van der Waals surface area contributed by atoms with Crippen molar-refractivity contribution >= 4 is 36.6 Å². The number of ketones is 1. The Kier molecular flexibility index (Phi) is 29.1. The Balaban J connectivity index is 0.00000113. The first-order valence-electron chi connectivity index (χ1n) is 23.4. The van der Waals surface area contributed by atoms with Gasteiger partial charge in [0.2, 0.25) is 6.41 Å². The molecule has 0 aliphatic carbocycles. The first-order chi connectivity index (χ1) is 31.7. The van der Waals surface area contributed by atoms with Crippen LogP contribution in [-0.4, -0.2) is 104 Å². The van der Waals surface area contributed by atoms with Crippen LogP contribution in [0.15, 0.2) is 54.6 Å². The first-order valence-corrected chi connectivity index (χ1v) is 23.4. The van der Waals surface area contributed by atoms with Crippen molar-refractivity contribution in [2.24, 2.45) is 5.92 Å². The second-order valence-corrected chi connectivity index (χ2v) is 18.8. The van der Waals surface area contributed by atoms with E-state index >= 15 is 0 Å². The van der Waals surface area contributed by atoms with Crippen LogP contribution in [0.5, 0.6) is 11.5 Å². The van der Waals surface area contributed by atoms with E-state index in [1.165, 1.54) is 31.7 Å². The highest BCUT2D eigenvalue weighted by Gasteiger charge is 2.19. The van der Waals surface area contributed by atoms with Gasteiger partial charge in [-0.2, -0.15) is 0 Å². The van der Waals surface area contributed by atoms with Crippen LogP contribution < -0.4 is 26.0 Å². The zero-order valence-corrected chi connectivity index (χ0v) is 43.8. The number of carbonyl (C=O) groups excluding carboxylic acids is 6. The lowest BCUT2D eigenvalue weighted by atomic mass is 9.92. The lowest BCUT2D eigenvalue weighted by molar-refractivity contribution is -0.121. The number of nitrogens with one attached hydrogen (secondary N) is 4. The molecule has 3 aromatic carbocycles. The summed E-state index contributed by atoms with van der Waals surface area (Å²) in [4.78, 5) is 66.3. The molecule has 3 aromatic rings. The van der Waals surface area contributed by atoms with Crippen LogP contribution in [0.3, 0.4) is 0 Å². The number of unbranched alkanes of at least 4 members (excludes halogenated alkanes) is 1. The maximum absolute atomic E-state index is 12.0. The van der Waals surface area contributed by atoms with Gasteiger partial charge in [-0.25, -0.2) is 9.59 Å². The van der Waals surface area contributed by atoms with E-state index in [1.807, 2.05) is 101 Å². The highest BCUT2D eigenvalue weighted by molar-refractivity contribution is 5.96. The number of aromatic hydroxyl groups is 1. The van der Waals surface area contributed by atoms with E-state index in [-0.39, 0.29) is 54.4 Å². The van der Waals surface area contributed by atoms with Crippen LogP contribution in [0.2, 0.25) is 0 Å². The maximum atomic E-state index is 12.0. The highest BCUT2D eigenvalue weighted by atomic mass is 16.6. The molecule has 380 valence electrons. The number of aryl methyl sites for hydroxylation is 2. The van der Waals surface area contributed by atoms with Gasteiger partial charge in [0.15, 0.2) is 5.78 Å². The minimum atomic E-state index is -0.548. The fourth-order valence-corrected chi connectivity index (χ4v) is 6.03. The second-order valence-electron chi connectivity index (χ2n) is 18.8. The minimum absolute atomic E-state index is 0.0305. The molecule has 2 unspecified atom stereocenters. The van der Waals surface area contributed by atoms with Crippen molar-refractivity contribution in [2.75, 3.05) is 40.3 Å². The van der Waals surface area contributed by atoms with Crippen molar-refractivity contribution in [3.05, 3.63) is 82.4 Å². The number of aldehydes is 1. The Morgan fingerprint density at radius 2 is 1.41 bits per heavy atom. The van der Waals surface area contributed by atoms with Gasteiger partial charge in [-0.15, -0.1) is 0 Å². The summed E-state index contributed by atoms with van der Waals surface area (Å²) >= 11 is 0. The predicted octanol–water partition coefficient (Wildman–Crippen LogP) is 9.43. The topological polar surface area (TPSA) is 202 Å². The molecule has 0 spiro atoms. The third-order valence-electron chi connectivity index (χ3n) is 9.89. The van der Waals surface area contributed by atoms with E-state index in [2.05, 4.69) is 65.1 Å². The van der Waals surface area contributed by atoms with Gasteiger partial charge in [0.1, 0.15) is 35.6 Å². The number of carbonyl (C=O) groups is 6. The Morgan fingerprint density at radius 3 is 1.91 bits per heavy atom. The Morgan fingerprint density at radius 1 is 0.794 bits per heavy atom. The molecule has 4 amide bonds. The summed E-state index contributed by atoms with van der Waals surface area (Å²) in [5.74, 6) is 1.25. The molecule has 15 heteroatoms. The van der Waals surface area contributed by atoms with E-state index in [0.29, 0.717) is 43.0 Å². The number of amides is 4. The number of ether oxygens (including phenoxy) is 3. The molecular formula is C53H83N5O10. The molecule has 0 aromatic heterocycles. The molecule has 0 saturated heterocycles. The fraction of sp³-hybridized carbons (Fsp3) is 0.547. The smallest absolute Gasteiger partial charge is 0.407 e. The van der Waals surface area contributed by atoms with Crippen LogP contribution in [0.25, 0.3) is 11.1 Å². The average molecular weight is 950 g/mol. The van der Waals surface area contributed by atoms with Crippen molar-refractivity contribution in [3.8, 4) is 22.6 Å². The molecule has 0 aliphatic heterocycles. The molecule has 0 bridgehead atoms. The second kappa shape index (κ2) is 31.9. The van der Waals surface area contributed by atoms with Crippen molar-refractivity contribution in [3.63, 3.8) is 0 Å². The van der Waals surface area contributed by atoms with E-state index in [9.17, 15) is 33.9 Å². The van der Waals surface area contributed by atoms with Crippen LogP contribution in [0.1, 0.15) is 141 Å². The number of phenols is 1. The summed E-state index contributed by atoms with van der Waals surface area (Å²) in [6.45, 7) is 27.7. The van der Waals surface area contributed by atoms with Crippen molar-refractivity contribution in [1.82, 2.24) is 26.2 Å². The quantitative estimate of drug-likeness (QED) is 0.0566. The van der Waals surface area contributed by atoms with Gasteiger partial charge in [0.05, 0.1) is 19.1 Å². The van der Waals surface area contributed by atoms with E-state index in [1.54, 1.807) is 19.1 Å². The van der Waals surface area contributed by atoms with E-state index in [4.69, 9.17) is 14.2 Å². The van der Waals surface area contributed by atoms with E-state index in [0.717, 1.165) is 34.2 Å². The fourth-order valence-electron chi connectivity index (χ4n) is 6.03. The maximum Gasteiger partial charge on any atom is 0.407 e. The third kappa shape index (κ3) is 27.0. The summed E-state index contributed by atoms with van der Waals surface area (Å²) in [7, 11) is 4.10. The van der Waals surface area contributed by atoms with Gasteiger partial charge >= 0.3 is 12.2 Å². The monoisotopic (exact) mass is 950 g/mol. The lowest BCUT2D eigenvalue weighted by Gasteiger charge is -2.23. The SMILES string of the molecule is CC(=O)[C@H](C)NC=O.CCCCC(C)Cc1ccc(O)c(-c2cc(C(C)N(C)C)ccc2OCCNC(=O)OC(C)(C)C)c1.CCNC(=O)OC(C)(C)C.Cc1ccc(C(=O)NCC=O)c(C)c1. The van der Waals surface area contributed by atoms with Crippen LogP contribution in [-0.2, 0) is 30.3 Å². The molecule has 3 rings (SSSR count). The number of alkyl carbamates (subject to hydrolysis) is 2. The molecule has 5 N–H and O–H groups in total. The predicted molar refractivity (Wildman–Crippen MR) is 271 cm³/mol. The Labute approximate surface area is 406 Å². The van der Waals surface area contributed by atoms with Crippen molar-refractivity contribution in [2.45, 2.75) is 146 Å². The zero-order valence-electron chi connectivity index (χ0n) is 43.8. The molecule has 68 heavy (non-hydrogen) atoms. The molecular weight excluding hydrogens is 867 g/mol. The summed E-state index contributed by atoms with van der Waals surface area (Å²) in [6.07, 6.45) is 4.96. The van der Waals surface area contributed by atoms with Crippen LogP contribution >= 0.6 is 0 Å². The number of Topliss-reactive ketones (excluding diaryl/α,β-unsaturated/α-hetero) is 1. The van der Waals surface area contributed by atoms with E-state index < -0.39 is 11.7 Å². The zero-order chi connectivity index (χ0) is 52.2. The molecule has 0 fully saturated rings. The van der Waals surface area contributed by atoms with Crippen molar-refractivity contribution in [1.29, 1.82) is 0 Å². The van der Waals surface area contributed by atoms with Gasteiger partial charge in [-0.3, -0.25) is 14.4 Å². The summed E-state index contributed by atoms with van der Waals surface area (Å²) in [6, 6.07) is 17.4. The number of nitrogens with zero attached hydrogens (tertiary/aromatic N) is 1. The molecule has 15 nitrogen and oxygen atoms in total. The normalized spacial score (nSPS) is 12.1. The number of benzene rings is 3. The summed E-state index contributed by atoms with van der Waals surface area (Å²) < 4.78 is 16.3. The van der Waals surface area contributed by atoms with Gasteiger partial charge in [-0.05, 0) is 157 Å². The Hall–Kier alpha value is -5.96. The number of hydrogen-bond donors (Lipinski definition) is 5. The van der Waals surface area contributed by atoms with Crippen LogP contribution in [0.4, 0.5) is 9.59 Å². The molecule has 0 saturated carbocycles. The highest BCUT2D eigenvalue weighted by Crippen LogP contribution is 2.39. The van der Waals surface area contributed by atoms with Crippen LogP contribution in [0, 0.1) is 19.8 Å². The number of phenolic OH excluding ortho intramolecular Hbond substituents is 1. The summed E-state index contributed by atoms with van der Waals surface area (Å²) in [5.41, 5.74) is 5.68. The largest absolute Gasteiger partial charge is 0.507 e. The Bertz CT molecular complexity index is 2020. The van der Waals surface area contributed by atoms with Gasteiger partial charge in [0.25, 0.3) is 5.91 Å². The summed E-state index contributed by atoms with van der Waals surface area (Å²) in [5, 5.41) is 20.9. The minimum Gasteiger partial charge on any atom is -0.507 e. The third-order valence-corrected chi connectivity index (χ3v) is 9.89. The standard InChI is InChI=1S/C30H46N2O4.C11H13NO2.C7H15NO2.C5H9NO2/c1-9-10-11-21(2)18-23-12-14-27(33)25(19-23)26-20-24(22(3)32(7)8)13-15-28(26)35-17-16-31-29(34)36-30(4,5)6;1-8-3-4-10(9(2)7-8)11(14)12-5-6-13;1-5-8-6(9)10-7(2,3)4;1-4(5(2)8)6-3-7/h12-15,19-22,33H,9-11,16-18H2,1-8H3,(H,31,34);3-4,6-7H,5H2,1-2H3,(H,12,14);5H2,1-4H3,(H,8,9);3-4H,1-2H3,(H,6,7)/t;;;4-/m...0/s1. The molecule has 0 heterocycles. The first kappa shape index (κ1) is 62.0. The lowest BCUT2D eigenvalue weighted by Crippen LogP contribution is -2.34. The number of hydrogen-bond acceptors (Lipinski definition) is 11. The molecule has 3 atom stereocenters. The van der Waals surface area contributed by atoms with Gasteiger partial charge in [-0.1, -0.05) is 62.9 Å². The van der Waals surface area contributed by atoms with Crippen molar-refractivity contribution < 1.29 is 48.1 Å².